The van der Waals surface area contributed by atoms with Crippen molar-refractivity contribution in [3.05, 3.63) is 11.8 Å². The standard InChI is InChI=1S/C48H82N4O82S15/c53-9-1-10(40(61)62)117-45(29(9)131-146(97,98)99)127-31-12(3-110-140(79,80)81)118-42(19(23(31)55)50-136(67,68)69)124-35-16(7-114-144(91,92)93)122-47(38(27(35)59)133-148(103,104)105)129-33-14(5-112-142(85,86)87)120-44(21(25(33)57)52-138(73,74)75)126-36-17(8-115-145(94,95)96)123-48(39(28(36)60)134-149(106,107)108)130-32-13(4-111-141(82,83)84)119-43(20(24(32)56)51-137(70,71)72)125-34-15(6-113-143(88,89)90)121-46(37(26(34)58)132-147(100,101)102)128-30-11(2-109-139(76,77)78)116-41(63)18(22(30)54)49-135(64,65)66/h1,9,11-39,41-60,63H,2-8H2,(H,61,62)(H,64,65,66)(H,67,68,69)(H,70,71,72)(H,73,74,75)(H,76,77,78)(H,79,80,81)(H,82,83,84)(H,85,86,87)(H,88,89,90)(H,91,92,93)(H,94,95,96)(H,97,98,99)(H,100,101,102)(H,103,104,105)(H,106,107,108)/t9-,11+,12+,13+,14+,15-,16-,17-,18+,19+,20+,21+,22+,23+,24+,25+,26-,27-,28-,29+,30+,31+,32+,33+,34+,35+,36+,37+,38+,39+,41-,42+,43+,44+,45-,46-,47-,48-/m0/s1. The molecule has 876 valence electrons. The van der Waals surface area contributed by atoms with Crippen LogP contribution in [0.4, 0.5) is 0 Å². The fourth-order valence-electron chi connectivity index (χ4n) is 14.4. The van der Waals surface area contributed by atoms with Gasteiger partial charge in [-0.05, 0) is 6.08 Å². The molecule has 7 saturated heterocycles. The number of rotatable bonds is 52. The average molecular weight is 2510 g/mol. The summed E-state index contributed by atoms with van der Waals surface area (Å²) in [5, 5.41) is 116. The molecule has 149 heavy (non-hydrogen) atoms. The van der Waals surface area contributed by atoms with E-state index in [4.69, 9.17) is 71.1 Å². The van der Waals surface area contributed by atoms with E-state index in [2.05, 4.69) is 46.0 Å². The smallest absolute Gasteiger partial charge is 0.397 e. The zero-order valence-electron chi connectivity index (χ0n) is 71.0. The van der Waals surface area contributed by atoms with E-state index in [1.807, 2.05) is 0 Å². The lowest BCUT2D eigenvalue weighted by Crippen LogP contribution is -2.71. The highest BCUT2D eigenvalue weighted by Crippen LogP contribution is 2.43. The van der Waals surface area contributed by atoms with Crippen LogP contribution in [0.1, 0.15) is 0 Å². The first-order valence-corrected chi connectivity index (χ1v) is 58.8. The monoisotopic (exact) mass is 2510 g/mol. The molecule has 0 aromatic rings. The van der Waals surface area contributed by atoms with Gasteiger partial charge in [0.25, 0.3) is 0 Å². The summed E-state index contributed by atoms with van der Waals surface area (Å²) in [7, 11) is -92.2. The topological polar surface area (TPSA) is 1320 Å². The molecule has 7 fully saturated rings. The molecule has 0 unspecified atom stereocenters. The largest absolute Gasteiger partial charge is 0.475 e. The normalized spacial score (nSPS) is 37.3. The molecule has 0 saturated carbocycles. The molecule has 8 aliphatic rings. The summed E-state index contributed by atoms with van der Waals surface area (Å²) in [4.78, 5) is 12.0. The van der Waals surface area contributed by atoms with Crippen molar-refractivity contribution in [1.29, 1.82) is 0 Å². The lowest BCUT2D eigenvalue weighted by Gasteiger charge is -2.51. The number of hydrogen-bond acceptors (Lipinski definition) is 66. The first-order valence-electron chi connectivity index (χ1n) is 38.0. The molecule has 0 aromatic carbocycles. The van der Waals surface area contributed by atoms with Gasteiger partial charge < -0.3 is 122 Å². The summed E-state index contributed by atoms with van der Waals surface area (Å²) in [5.41, 5.74) is 0. The highest BCUT2D eigenvalue weighted by atomic mass is 32.3. The third-order valence-corrected chi connectivity index (χ3v) is 26.9. The molecule has 38 atom stereocenters. The summed E-state index contributed by atoms with van der Waals surface area (Å²) in [6.07, 6.45) is -109. The van der Waals surface area contributed by atoms with Gasteiger partial charge in [-0.3, -0.25) is 68.3 Å². The molecule has 0 spiro atoms. The van der Waals surface area contributed by atoms with Crippen molar-refractivity contribution in [2.24, 2.45) is 0 Å². The van der Waals surface area contributed by atoms with Crippen molar-refractivity contribution >= 4 is 162 Å². The summed E-state index contributed by atoms with van der Waals surface area (Å²) in [6.45, 7) is -14.6. The number of aliphatic carboxylic acids is 1. The summed E-state index contributed by atoms with van der Waals surface area (Å²) < 4.78 is 653. The maximum absolute atomic E-state index is 13.0. The fourth-order valence-corrected chi connectivity index (χ4v) is 20.8. The van der Waals surface area contributed by atoms with Gasteiger partial charge in [-0.1, -0.05) is 0 Å². The molecule has 0 amide bonds. The molecule has 0 aliphatic carbocycles. The molecule has 29 N–H and O–H groups in total. The van der Waals surface area contributed by atoms with Crippen LogP contribution in [-0.4, -0.2) is 531 Å². The average Bonchev–Trinajstić information content (AvgIpc) is 0.754. The van der Waals surface area contributed by atoms with Gasteiger partial charge in [-0.15, -0.1) is 0 Å². The Morgan fingerprint density at radius 3 is 0.624 bits per heavy atom. The molecule has 101 heteroatoms. The SMILES string of the molecule is O=C(O)C1=C[C@H](O)[C@@H](OS(=O)(=O)O)[C@H](O[C@H]2[C@H](O)[C@@H](NS(=O)(=O)O)[C@@H](O[C@H]3[C@H](O)[C@@H](OS(=O)(=O)O)[C@H](O[C@H]4[C@H](O)[C@@H](NS(=O)(=O)O)[C@@H](O[C@H]5[C@H](O)[C@@H](OS(=O)(=O)O)[C@H](O[C@H]6[C@H](O)[C@@H](NS(=O)(=O)O)[C@@H](O[C@H]7[C@H](O)[C@@H](OS(=O)(=O)O)[C@H](O[C@H]8[C@H](O)[C@@H](NS(=O)(=O)O)[C@@H](O)O[C@@H]8COS(=O)(=O)O)O[C@H]7COS(=O)(=O)O)O[C@@H]6COS(=O)(=O)O)O[C@H]5COS(=O)(=O)O)O[C@@H]4COS(=O)(=O)O)O[C@H]3COS(=O)(=O)O)O[C@@H]2COS(=O)(=O)O)O1. The first kappa shape index (κ1) is 130. The van der Waals surface area contributed by atoms with Gasteiger partial charge in [0.1, 0.15) is 158 Å². The van der Waals surface area contributed by atoms with Crippen LogP contribution in [0.25, 0.3) is 0 Å². The summed E-state index contributed by atoms with van der Waals surface area (Å²) >= 11 is 0. The highest BCUT2D eigenvalue weighted by molar-refractivity contribution is 7.85. The Bertz CT molecular complexity index is 6420. The zero-order valence-corrected chi connectivity index (χ0v) is 83.3. The fraction of sp³-hybridized carbons (Fsp3) is 0.938. The van der Waals surface area contributed by atoms with Crippen molar-refractivity contribution in [1.82, 2.24) is 18.9 Å². The third-order valence-electron chi connectivity index (χ3n) is 19.7. The summed E-state index contributed by atoms with van der Waals surface area (Å²) in [6, 6.07) is -12.6. The molecule has 0 bridgehead atoms. The van der Waals surface area contributed by atoms with Crippen LogP contribution in [0.2, 0.25) is 0 Å². The van der Waals surface area contributed by atoms with Crippen LogP contribution >= 0.6 is 0 Å². The van der Waals surface area contributed by atoms with Crippen LogP contribution in [-0.2, 0) is 277 Å². The Balaban J connectivity index is 1.20. The van der Waals surface area contributed by atoms with Gasteiger partial charge in [-0.25, -0.2) is 50.8 Å². The van der Waals surface area contributed by atoms with Gasteiger partial charge in [0.15, 0.2) is 68.4 Å². The maximum atomic E-state index is 13.0. The van der Waals surface area contributed by atoms with Crippen molar-refractivity contribution in [3.8, 4) is 0 Å². The van der Waals surface area contributed by atoms with Gasteiger partial charge in [-0.2, -0.15) is 145 Å². The Morgan fingerprint density at radius 2 is 0.416 bits per heavy atom. The number of aliphatic hydroxyl groups is 9. The van der Waals surface area contributed by atoms with Crippen LogP contribution < -0.4 is 18.9 Å². The van der Waals surface area contributed by atoms with Crippen LogP contribution in [0.5, 0.6) is 0 Å². The van der Waals surface area contributed by atoms with Gasteiger partial charge >= 0.3 is 162 Å². The molecule has 8 rings (SSSR count). The lowest BCUT2D eigenvalue weighted by molar-refractivity contribution is -0.383. The van der Waals surface area contributed by atoms with Crippen molar-refractivity contribution in [3.63, 3.8) is 0 Å². The van der Waals surface area contributed by atoms with Crippen LogP contribution in [0.15, 0.2) is 11.8 Å². The molecular formula is C48H82N4O82S15. The quantitative estimate of drug-likeness (QED) is 0.0252. The number of hydrogen-bond donors (Lipinski definition) is 29. The molecule has 8 heterocycles. The number of nitrogens with one attached hydrogen (secondary N) is 4. The highest BCUT2D eigenvalue weighted by Gasteiger charge is 2.64. The number of carboxylic acid groups (broad SMARTS) is 1. The lowest BCUT2D eigenvalue weighted by atomic mass is 9.94. The van der Waals surface area contributed by atoms with Crippen molar-refractivity contribution in [2.75, 3.05) is 46.2 Å². The minimum Gasteiger partial charge on any atom is -0.475 e. The van der Waals surface area contributed by atoms with Crippen molar-refractivity contribution < 1.29 is 367 Å². The molecule has 0 radical (unpaired) electrons. The van der Waals surface area contributed by atoms with E-state index in [1.54, 1.807) is 0 Å². The van der Waals surface area contributed by atoms with Gasteiger partial charge in [0.05, 0.1) is 46.2 Å². The van der Waals surface area contributed by atoms with Gasteiger partial charge in [0, 0.05) is 0 Å². The van der Waals surface area contributed by atoms with Gasteiger partial charge in [0.2, 0.25) is 12.0 Å². The van der Waals surface area contributed by atoms with E-state index in [0.717, 1.165) is 18.9 Å². The second-order valence-electron chi connectivity index (χ2n) is 30.2. The molecular weight excluding hydrogens is 2430 g/mol. The minimum atomic E-state index is -6.60. The number of aliphatic hydroxyl groups excluding tert-OH is 9. The van der Waals surface area contributed by atoms with E-state index >= 15 is 0 Å². The molecule has 8 aliphatic heterocycles. The number of carboxylic acids is 1. The minimum absolute atomic E-state index is 0.140. The summed E-state index contributed by atoms with van der Waals surface area (Å²) in [5.74, 6) is -3.68. The van der Waals surface area contributed by atoms with E-state index in [9.17, 15) is 250 Å². The zero-order chi connectivity index (χ0) is 113. The van der Waals surface area contributed by atoms with E-state index in [0.29, 0.717) is 0 Å². The Kier molecular flexibility index (Phi) is 43.3. The van der Waals surface area contributed by atoms with E-state index in [-0.39, 0.29) is 6.08 Å². The first-order chi connectivity index (χ1) is 67.2. The second kappa shape index (κ2) is 49.5. The Morgan fingerprint density at radius 1 is 0.235 bits per heavy atom. The molecule has 86 nitrogen and oxygen atoms in total. The Hall–Kier alpha value is -3.86. The predicted octanol–water partition coefficient (Wildman–Crippen LogP) is -21.5. The number of carbonyl (C=O) groups is 1. The van der Waals surface area contributed by atoms with E-state index < -0.39 is 447 Å². The molecule has 0 aromatic heterocycles. The van der Waals surface area contributed by atoms with E-state index in [1.165, 1.54) is 0 Å². The third kappa shape index (κ3) is 41.1. The van der Waals surface area contributed by atoms with Crippen molar-refractivity contribution in [2.45, 2.75) is 233 Å². The van der Waals surface area contributed by atoms with Crippen LogP contribution in [0.3, 0.4) is 0 Å². The maximum Gasteiger partial charge on any atom is 0.397 e. The number of ether oxygens (including phenoxy) is 15. The predicted molar refractivity (Wildman–Crippen MR) is 428 cm³/mol. The Labute approximate surface area is 834 Å². The second-order valence-corrected chi connectivity index (χ2v) is 46.8. The van der Waals surface area contributed by atoms with Crippen LogP contribution in [0, 0.1) is 0 Å².